The monoisotopic (exact) mass is 488 g/mol. The number of hydrogen-bond acceptors (Lipinski definition) is 5. The number of pyridine rings is 1. The van der Waals surface area contributed by atoms with Crippen molar-refractivity contribution in [2.75, 3.05) is 22.8 Å². The van der Waals surface area contributed by atoms with Crippen LogP contribution >= 0.6 is 0 Å². The number of nitrogens with zero attached hydrogens (tertiary/aromatic N) is 1. The molecule has 2 rings (SSSR count). The molecule has 0 bridgehead atoms. The molecular formula is C21H24F4N4O3S. The van der Waals surface area contributed by atoms with Gasteiger partial charge < -0.3 is 10.6 Å². The Labute approximate surface area is 189 Å². The Balaban J connectivity index is 2.11. The maximum atomic E-state index is 14.3. The van der Waals surface area contributed by atoms with E-state index in [1.54, 1.807) is 0 Å². The molecule has 0 saturated carbocycles. The lowest BCUT2D eigenvalue weighted by molar-refractivity contribution is -0.141. The van der Waals surface area contributed by atoms with Gasteiger partial charge in [-0.3, -0.25) is 9.52 Å². The van der Waals surface area contributed by atoms with Gasteiger partial charge in [-0.05, 0) is 48.7 Å². The van der Waals surface area contributed by atoms with Crippen molar-refractivity contribution in [3.63, 3.8) is 0 Å². The van der Waals surface area contributed by atoms with E-state index in [9.17, 15) is 30.8 Å². The molecule has 0 aliphatic rings. The first-order valence-electron chi connectivity index (χ1n) is 9.85. The van der Waals surface area contributed by atoms with Gasteiger partial charge in [-0.2, -0.15) is 13.2 Å². The summed E-state index contributed by atoms with van der Waals surface area (Å²) >= 11 is 0. The minimum atomic E-state index is -4.60. The number of carbonyl (C=O) groups excluding carboxylic acids is 1. The van der Waals surface area contributed by atoms with Crippen LogP contribution in [0.2, 0.25) is 0 Å². The summed E-state index contributed by atoms with van der Waals surface area (Å²) < 4.78 is 77.8. The molecule has 2 aromatic rings. The van der Waals surface area contributed by atoms with E-state index >= 15 is 0 Å². The molecule has 0 aliphatic carbocycles. The van der Waals surface area contributed by atoms with Gasteiger partial charge in [-0.15, -0.1) is 0 Å². The average Bonchev–Trinajstić information content (AvgIpc) is 2.70. The first kappa shape index (κ1) is 26.1. The molecule has 7 nitrogen and oxygen atoms in total. The van der Waals surface area contributed by atoms with E-state index in [2.05, 4.69) is 20.3 Å². The largest absolute Gasteiger partial charge is 0.433 e. The molecule has 0 fully saturated rings. The standard InChI is InChI=1S/C21H24F4N4O3S/c1-4-9-26-20-15(5-7-17(28-20)21(23,24)25)6-8-18(30)27-12-14-10-13(2)19(16(22)11-14)29-33(3,31)32/h5-8,10-11,29H,4,9,12H2,1-3H3,(H,26,28)(H,27,30)/b8-6-. The Bertz CT molecular complexity index is 1130. The number of halogens is 4. The lowest BCUT2D eigenvalue weighted by atomic mass is 10.1. The lowest BCUT2D eigenvalue weighted by Crippen LogP contribution is -2.21. The molecular weight excluding hydrogens is 464 g/mol. The van der Waals surface area contributed by atoms with E-state index in [4.69, 9.17) is 0 Å². The van der Waals surface area contributed by atoms with E-state index in [0.29, 0.717) is 29.7 Å². The van der Waals surface area contributed by atoms with Gasteiger partial charge in [0.1, 0.15) is 17.3 Å². The fraction of sp³-hybridized carbons (Fsp3) is 0.333. The highest BCUT2D eigenvalue weighted by atomic mass is 32.2. The maximum Gasteiger partial charge on any atom is 0.433 e. The molecule has 1 aromatic heterocycles. The third-order valence-electron chi connectivity index (χ3n) is 4.27. The van der Waals surface area contributed by atoms with Crippen LogP contribution < -0.4 is 15.4 Å². The van der Waals surface area contributed by atoms with Crippen molar-refractivity contribution < 1.29 is 30.8 Å². The Kier molecular flexibility index (Phi) is 8.42. The van der Waals surface area contributed by atoms with Crippen molar-refractivity contribution in [1.82, 2.24) is 10.3 Å². The van der Waals surface area contributed by atoms with Crippen molar-refractivity contribution in [3.05, 3.63) is 58.5 Å². The Morgan fingerprint density at radius 3 is 2.48 bits per heavy atom. The third kappa shape index (κ3) is 8.04. The maximum absolute atomic E-state index is 14.3. The number of benzene rings is 1. The number of nitrogens with one attached hydrogen (secondary N) is 3. The zero-order valence-electron chi connectivity index (χ0n) is 18.2. The molecule has 1 heterocycles. The normalized spacial score (nSPS) is 12.1. The fourth-order valence-electron chi connectivity index (χ4n) is 2.79. The number of rotatable bonds is 9. The molecule has 180 valence electrons. The summed E-state index contributed by atoms with van der Waals surface area (Å²) in [4.78, 5) is 15.8. The van der Waals surface area contributed by atoms with Gasteiger partial charge in [0.25, 0.3) is 0 Å². The van der Waals surface area contributed by atoms with Crippen LogP contribution in [0.15, 0.2) is 30.3 Å². The molecule has 0 aliphatic heterocycles. The molecule has 0 saturated heterocycles. The van der Waals surface area contributed by atoms with Gasteiger partial charge in [-0.25, -0.2) is 17.8 Å². The van der Waals surface area contributed by atoms with Gasteiger partial charge in [0.2, 0.25) is 15.9 Å². The number of aryl methyl sites for hydroxylation is 1. The molecule has 0 atom stereocenters. The topological polar surface area (TPSA) is 100 Å². The minimum absolute atomic E-state index is 0.00221. The van der Waals surface area contributed by atoms with Crippen LogP contribution in [0.1, 0.15) is 35.7 Å². The highest BCUT2D eigenvalue weighted by molar-refractivity contribution is 7.92. The van der Waals surface area contributed by atoms with Gasteiger partial charge in [0.05, 0.1) is 11.9 Å². The van der Waals surface area contributed by atoms with Gasteiger partial charge in [0, 0.05) is 24.7 Å². The highest BCUT2D eigenvalue weighted by Crippen LogP contribution is 2.30. The van der Waals surface area contributed by atoms with E-state index in [0.717, 1.165) is 24.5 Å². The summed E-state index contributed by atoms with van der Waals surface area (Å²) in [6, 6.07) is 4.65. The molecule has 1 amide bonds. The Morgan fingerprint density at radius 1 is 1.21 bits per heavy atom. The highest BCUT2D eigenvalue weighted by Gasteiger charge is 2.32. The lowest BCUT2D eigenvalue weighted by Gasteiger charge is -2.12. The number of sulfonamides is 1. The second kappa shape index (κ2) is 10.6. The fourth-order valence-corrected chi connectivity index (χ4v) is 3.42. The summed E-state index contributed by atoms with van der Waals surface area (Å²) in [6.07, 6.45) is -0.574. The number of carbonyl (C=O) groups is 1. The van der Waals surface area contributed by atoms with E-state index < -0.39 is 33.6 Å². The Hall–Kier alpha value is -3.15. The van der Waals surface area contributed by atoms with Crippen molar-refractivity contribution in [2.45, 2.75) is 33.0 Å². The third-order valence-corrected chi connectivity index (χ3v) is 4.85. The van der Waals surface area contributed by atoms with Gasteiger partial charge >= 0.3 is 6.18 Å². The van der Waals surface area contributed by atoms with Crippen molar-refractivity contribution in [3.8, 4) is 0 Å². The van der Waals surface area contributed by atoms with Crippen molar-refractivity contribution in [2.24, 2.45) is 0 Å². The molecule has 0 radical (unpaired) electrons. The zero-order chi connectivity index (χ0) is 24.8. The number of amides is 1. The molecule has 0 spiro atoms. The second-order valence-corrected chi connectivity index (χ2v) is 9.00. The number of alkyl halides is 3. The minimum Gasteiger partial charge on any atom is -0.370 e. The SMILES string of the molecule is CCCNc1nc(C(F)(F)F)ccc1/C=C\C(=O)NCc1cc(C)c(NS(C)(=O)=O)c(F)c1. The molecule has 12 heteroatoms. The average molecular weight is 489 g/mol. The van der Waals surface area contributed by atoms with Crippen LogP contribution in [0.5, 0.6) is 0 Å². The number of hydrogen-bond donors (Lipinski definition) is 3. The predicted molar refractivity (Wildman–Crippen MR) is 119 cm³/mol. The summed E-state index contributed by atoms with van der Waals surface area (Å²) in [5, 5.41) is 5.34. The second-order valence-electron chi connectivity index (χ2n) is 7.25. The zero-order valence-corrected chi connectivity index (χ0v) is 19.0. The number of aromatic nitrogens is 1. The summed E-state index contributed by atoms with van der Waals surface area (Å²) in [7, 11) is -3.66. The van der Waals surface area contributed by atoms with E-state index in [1.807, 2.05) is 6.92 Å². The smallest absolute Gasteiger partial charge is 0.370 e. The predicted octanol–water partition coefficient (Wildman–Crippen LogP) is 4.07. The molecule has 1 aromatic carbocycles. The van der Waals surface area contributed by atoms with E-state index in [1.165, 1.54) is 25.1 Å². The van der Waals surface area contributed by atoms with Crippen LogP contribution in [-0.4, -0.2) is 32.1 Å². The van der Waals surface area contributed by atoms with Crippen LogP contribution in [0.3, 0.4) is 0 Å². The van der Waals surface area contributed by atoms with Gasteiger partial charge in [0.15, 0.2) is 0 Å². The molecule has 3 N–H and O–H groups in total. The quantitative estimate of drug-likeness (QED) is 0.365. The van der Waals surface area contributed by atoms with E-state index in [-0.39, 0.29) is 18.1 Å². The van der Waals surface area contributed by atoms with Gasteiger partial charge in [-0.1, -0.05) is 13.0 Å². The summed E-state index contributed by atoms with van der Waals surface area (Å²) in [6.45, 7) is 3.71. The first-order valence-corrected chi connectivity index (χ1v) is 11.7. The van der Waals surface area contributed by atoms with Crippen molar-refractivity contribution >= 4 is 33.5 Å². The van der Waals surface area contributed by atoms with Crippen LogP contribution in [0, 0.1) is 12.7 Å². The summed E-state index contributed by atoms with van der Waals surface area (Å²) in [5.74, 6) is -1.35. The molecule has 33 heavy (non-hydrogen) atoms. The first-order chi connectivity index (χ1) is 15.3. The molecule has 0 unspecified atom stereocenters. The Morgan fingerprint density at radius 2 is 1.91 bits per heavy atom. The van der Waals surface area contributed by atoms with Crippen LogP contribution in [0.25, 0.3) is 6.08 Å². The van der Waals surface area contributed by atoms with Crippen molar-refractivity contribution in [1.29, 1.82) is 0 Å². The van der Waals surface area contributed by atoms with Crippen LogP contribution in [0.4, 0.5) is 29.1 Å². The summed E-state index contributed by atoms with van der Waals surface area (Å²) in [5.41, 5.74) is -0.192. The number of anilines is 2. The van der Waals surface area contributed by atoms with Crippen LogP contribution in [-0.2, 0) is 27.5 Å².